The second-order valence-electron chi connectivity index (χ2n) is 5.82. The molecule has 2 aromatic rings. The molecule has 0 N–H and O–H groups in total. The molecule has 2 heterocycles. The fraction of sp³-hybridized carbons (Fsp3) is 0.500. The van der Waals surface area contributed by atoms with E-state index in [1.54, 1.807) is 6.33 Å². The van der Waals surface area contributed by atoms with E-state index in [4.69, 9.17) is 4.74 Å². The molecule has 1 saturated heterocycles. The molecule has 1 atom stereocenters. The van der Waals surface area contributed by atoms with Gasteiger partial charge in [0.15, 0.2) is 0 Å². The monoisotopic (exact) mass is 287 g/mol. The van der Waals surface area contributed by atoms with Crippen LogP contribution in [0.3, 0.4) is 0 Å². The average Bonchev–Trinajstić information content (AvgIpc) is 2.82. The van der Waals surface area contributed by atoms with Crippen LogP contribution in [-0.4, -0.2) is 46.2 Å². The van der Waals surface area contributed by atoms with Gasteiger partial charge < -0.3 is 14.2 Å². The smallest absolute Gasteiger partial charge is 0.242 e. The molecule has 1 amide bonds. The number of nitrogens with zero attached hydrogens (tertiary/aromatic N) is 3. The largest absolute Gasteiger partial charge is 0.375 e. The molecular formula is C16H21N3O2. The summed E-state index contributed by atoms with van der Waals surface area (Å²) in [4.78, 5) is 18.7. The van der Waals surface area contributed by atoms with Gasteiger partial charge in [-0.05, 0) is 44.0 Å². The first-order valence-electron chi connectivity index (χ1n) is 7.36. The van der Waals surface area contributed by atoms with E-state index in [0.29, 0.717) is 26.2 Å². The van der Waals surface area contributed by atoms with Gasteiger partial charge in [0, 0.05) is 13.1 Å². The minimum atomic E-state index is 0.118. The molecule has 0 aliphatic carbocycles. The van der Waals surface area contributed by atoms with Crippen molar-refractivity contribution in [2.24, 2.45) is 0 Å². The predicted molar refractivity (Wildman–Crippen MR) is 81.2 cm³/mol. The zero-order chi connectivity index (χ0) is 15.0. The number of hydrogen-bond acceptors (Lipinski definition) is 3. The van der Waals surface area contributed by atoms with Crippen molar-refractivity contribution in [3.05, 3.63) is 29.6 Å². The SMILES string of the molecule is Cc1cc2ncn(CC(=O)N3CCOC(C)C3)c2cc1C. The van der Waals surface area contributed by atoms with Gasteiger partial charge in [-0.1, -0.05) is 0 Å². The Morgan fingerprint density at radius 3 is 2.90 bits per heavy atom. The Morgan fingerprint density at radius 2 is 2.14 bits per heavy atom. The van der Waals surface area contributed by atoms with E-state index < -0.39 is 0 Å². The van der Waals surface area contributed by atoms with Crippen molar-refractivity contribution in [1.82, 2.24) is 14.5 Å². The zero-order valence-corrected chi connectivity index (χ0v) is 12.8. The predicted octanol–water partition coefficient (Wildman–Crippen LogP) is 1.90. The van der Waals surface area contributed by atoms with Crippen LogP contribution >= 0.6 is 0 Å². The molecule has 1 aliphatic heterocycles. The van der Waals surface area contributed by atoms with Gasteiger partial charge in [-0.2, -0.15) is 0 Å². The Labute approximate surface area is 124 Å². The topological polar surface area (TPSA) is 47.4 Å². The maximum Gasteiger partial charge on any atom is 0.242 e. The number of fused-ring (bicyclic) bond motifs is 1. The van der Waals surface area contributed by atoms with E-state index in [9.17, 15) is 4.79 Å². The van der Waals surface area contributed by atoms with Gasteiger partial charge >= 0.3 is 0 Å². The van der Waals surface area contributed by atoms with Crippen LogP contribution in [0.15, 0.2) is 18.5 Å². The number of hydrogen-bond donors (Lipinski definition) is 0. The van der Waals surface area contributed by atoms with Crippen molar-refractivity contribution >= 4 is 16.9 Å². The van der Waals surface area contributed by atoms with Crippen molar-refractivity contribution < 1.29 is 9.53 Å². The molecule has 0 saturated carbocycles. The summed E-state index contributed by atoms with van der Waals surface area (Å²) in [7, 11) is 0. The lowest BCUT2D eigenvalue weighted by atomic mass is 10.1. The van der Waals surface area contributed by atoms with Crippen LogP contribution in [0.2, 0.25) is 0 Å². The Hall–Kier alpha value is -1.88. The van der Waals surface area contributed by atoms with E-state index in [1.807, 2.05) is 16.4 Å². The highest BCUT2D eigenvalue weighted by Gasteiger charge is 2.21. The molecule has 0 radical (unpaired) electrons. The highest BCUT2D eigenvalue weighted by molar-refractivity contribution is 5.81. The number of carbonyl (C=O) groups is 1. The molecule has 5 nitrogen and oxygen atoms in total. The van der Waals surface area contributed by atoms with E-state index in [2.05, 4.69) is 31.0 Å². The summed E-state index contributed by atoms with van der Waals surface area (Å²) >= 11 is 0. The van der Waals surface area contributed by atoms with Gasteiger partial charge in [-0.25, -0.2) is 4.98 Å². The van der Waals surface area contributed by atoms with Crippen LogP contribution in [-0.2, 0) is 16.1 Å². The van der Waals surface area contributed by atoms with E-state index in [-0.39, 0.29) is 12.0 Å². The molecular weight excluding hydrogens is 266 g/mol. The number of amides is 1. The third-order valence-corrected chi connectivity index (χ3v) is 4.14. The van der Waals surface area contributed by atoms with Gasteiger partial charge in [0.1, 0.15) is 6.54 Å². The third kappa shape index (κ3) is 2.78. The van der Waals surface area contributed by atoms with Crippen LogP contribution in [0.5, 0.6) is 0 Å². The molecule has 1 unspecified atom stereocenters. The molecule has 5 heteroatoms. The normalized spacial score (nSPS) is 19.2. The summed E-state index contributed by atoms with van der Waals surface area (Å²) in [5.41, 5.74) is 4.41. The lowest BCUT2D eigenvalue weighted by Gasteiger charge is -2.31. The molecule has 0 bridgehead atoms. The Balaban J connectivity index is 1.81. The summed E-state index contributed by atoms with van der Waals surface area (Å²) in [6.45, 7) is 8.46. The summed E-state index contributed by atoms with van der Waals surface area (Å²) in [6.07, 6.45) is 1.87. The average molecular weight is 287 g/mol. The number of carbonyl (C=O) groups excluding carboxylic acids is 1. The number of benzene rings is 1. The van der Waals surface area contributed by atoms with Crippen molar-refractivity contribution in [3.63, 3.8) is 0 Å². The first-order chi connectivity index (χ1) is 10.0. The molecule has 3 rings (SSSR count). The zero-order valence-electron chi connectivity index (χ0n) is 12.8. The second-order valence-corrected chi connectivity index (χ2v) is 5.82. The van der Waals surface area contributed by atoms with Crippen LogP contribution < -0.4 is 0 Å². The first kappa shape index (κ1) is 14.1. The number of ether oxygens (including phenoxy) is 1. The summed E-state index contributed by atoms with van der Waals surface area (Å²) < 4.78 is 7.41. The van der Waals surface area contributed by atoms with Crippen LogP contribution in [0.4, 0.5) is 0 Å². The van der Waals surface area contributed by atoms with Crippen molar-refractivity contribution in [3.8, 4) is 0 Å². The van der Waals surface area contributed by atoms with E-state index in [1.165, 1.54) is 11.1 Å². The number of aryl methyl sites for hydroxylation is 2. The minimum Gasteiger partial charge on any atom is -0.375 e. The van der Waals surface area contributed by atoms with Gasteiger partial charge in [0.05, 0.1) is 30.1 Å². The Kier molecular flexibility index (Phi) is 3.68. The van der Waals surface area contributed by atoms with E-state index in [0.717, 1.165) is 11.0 Å². The molecule has 1 fully saturated rings. The first-order valence-corrected chi connectivity index (χ1v) is 7.36. The number of imidazole rings is 1. The number of aromatic nitrogens is 2. The van der Waals surface area contributed by atoms with Crippen molar-refractivity contribution in [2.45, 2.75) is 33.4 Å². The molecule has 0 spiro atoms. The minimum absolute atomic E-state index is 0.118. The van der Waals surface area contributed by atoms with Crippen LogP contribution in [0.25, 0.3) is 11.0 Å². The quantitative estimate of drug-likeness (QED) is 0.847. The Bertz CT molecular complexity index is 677. The van der Waals surface area contributed by atoms with Crippen molar-refractivity contribution in [1.29, 1.82) is 0 Å². The maximum atomic E-state index is 12.4. The van der Waals surface area contributed by atoms with E-state index >= 15 is 0 Å². The molecule has 1 aromatic carbocycles. The molecule has 112 valence electrons. The molecule has 1 aromatic heterocycles. The lowest BCUT2D eigenvalue weighted by molar-refractivity contribution is -0.138. The van der Waals surface area contributed by atoms with Gasteiger partial charge in [0.2, 0.25) is 5.91 Å². The van der Waals surface area contributed by atoms with Crippen molar-refractivity contribution in [2.75, 3.05) is 19.7 Å². The van der Waals surface area contributed by atoms with Gasteiger partial charge in [-0.15, -0.1) is 0 Å². The maximum absolute atomic E-state index is 12.4. The highest BCUT2D eigenvalue weighted by Crippen LogP contribution is 2.18. The Morgan fingerprint density at radius 1 is 1.38 bits per heavy atom. The fourth-order valence-corrected chi connectivity index (χ4v) is 2.73. The third-order valence-electron chi connectivity index (χ3n) is 4.14. The molecule has 21 heavy (non-hydrogen) atoms. The highest BCUT2D eigenvalue weighted by atomic mass is 16.5. The fourth-order valence-electron chi connectivity index (χ4n) is 2.73. The summed E-state index contributed by atoms with van der Waals surface area (Å²) in [5.74, 6) is 0.127. The number of morpholine rings is 1. The van der Waals surface area contributed by atoms with Crippen LogP contribution in [0.1, 0.15) is 18.1 Å². The van der Waals surface area contributed by atoms with Crippen LogP contribution in [0, 0.1) is 13.8 Å². The van der Waals surface area contributed by atoms with Gasteiger partial charge in [0.25, 0.3) is 0 Å². The standard InChI is InChI=1S/C16H21N3O2/c1-11-6-14-15(7-12(11)2)19(10-17-14)9-16(20)18-4-5-21-13(3)8-18/h6-7,10,13H,4-5,8-9H2,1-3H3. The number of rotatable bonds is 2. The van der Waals surface area contributed by atoms with Gasteiger partial charge in [-0.3, -0.25) is 4.79 Å². The summed E-state index contributed by atoms with van der Waals surface area (Å²) in [5, 5.41) is 0. The second kappa shape index (κ2) is 5.48. The lowest BCUT2D eigenvalue weighted by Crippen LogP contribution is -2.45. The molecule has 1 aliphatic rings. The summed E-state index contributed by atoms with van der Waals surface area (Å²) in [6, 6.07) is 4.18.